The van der Waals surface area contributed by atoms with Crippen molar-refractivity contribution >= 4 is 17.5 Å². The predicted molar refractivity (Wildman–Crippen MR) is 80.9 cm³/mol. The van der Waals surface area contributed by atoms with Crippen molar-refractivity contribution in [3.63, 3.8) is 0 Å². The third-order valence-electron chi connectivity index (χ3n) is 2.87. The van der Waals surface area contributed by atoms with Gasteiger partial charge in [0.2, 0.25) is 0 Å². The number of hydrogen-bond donors (Lipinski definition) is 2. The van der Waals surface area contributed by atoms with Gasteiger partial charge in [0.15, 0.2) is 0 Å². The van der Waals surface area contributed by atoms with Crippen molar-refractivity contribution in [3.05, 3.63) is 47.4 Å². The van der Waals surface area contributed by atoms with Crippen LogP contribution in [0.2, 0.25) is 0 Å². The SMILES string of the molecule is CCOC(=O)c1ccnc(NCc2cccc(C)n2)c1N. The van der Waals surface area contributed by atoms with E-state index < -0.39 is 5.97 Å². The molecule has 0 bridgehead atoms. The highest BCUT2D eigenvalue weighted by Gasteiger charge is 2.14. The van der Waals surface area contributed by atoms with Gasteiger partial charge in [0.25, 0.3) is 0 Å². The number of carbonyl (C=O) groups is 1. The molecule has 6 heteroatoms. The van der Waals surface area contributed by atoms with E-state index in [4.69, 9.17) is 10.5 Å². The smallest absolute Gasteiger partial charge is 0.340 e. The number of aromatic nitrogens is 2. The Morgan fingerprint density at radius 3 is 2.90 bits per heavy atom. The minimum absolute atomic E-state index is 0.281. The Labute approximate surface area is 123 Å². The summed E-state index contributed by atoms with van der Waals surface area (Å²) in [5, 5.41) is 3.09. The molecule has 110 valence electrons. The Bertz CT molecular complexity index is 643. The first-order valence-electron chi connectivity index (χ1n) is 6.69. The van der Waals surface area contributed by atoms with Crippen molar-refractivity contribution in [2.75, 3.05) is 17.7 Å². The number of nitrogens with zero attached hydrogens (tertiary/aromatic N) is 2. The van der Waals surface area contributed by atoms with Crippen LogP contribution in [0.1, 0.15) is 28.7 Å². The van der Waals surface area contributed by atoms with Crippen LogP contribution in [0.3, 0.4) is 0 Å². The Morgan fingerprint density at radius 2 is 2.19 bits per heavy atom. The molecule has 0 fully saturated rings. The number of nitrogens with two attached hydrogens (primary N) is 1. The summed E-state index contributed by atoms with van der Waals surface area (Å²) < 4.78 is 4.96. The summed E-state index contributed by atoms with van der Waals surface area (Å²) >= 11 is 0. The molecule has 0 saturated carbocycles. The van der Waals surface area contributed by atoms with Gasteiger partial charge in [0.1, 0.15) is 5.82 Å². The molecule has 0 spiro atoms. The van der Waals surface area contributed by atoms with E-state index in [1.165, 1.54) is 6.20 Å². The number of nitrogen functional groups attached to an aromatic ring is 1. The molecule has 0 aliphatic rings. The number of carbonyl (C=O) groups excluding carboxylic acids is 1. The zero-order chi connectivity index (χ0) is 15.2. The molecular formula is C15H18N4O2. The fraction of sp³-hybridized carbons (Fsp3) is 0.267. The molecule has 2 aromatic heterocycles. The molecule has 3 N–H and O–H groups in total. The van der Waals surface area contributed by atoms with Gasteiger partial charge in [-0.05, 0) is 32.0 Å². The maximum Gasteiger partial charge on any atom is 0.340 e. The first-order valence-corrected chi connectivity index (χ1v) is 6.69. The maximum absolute atomic E-state index is 11.8. The zero-order valence-corrected chi connectivity index (χ0v) is 12.1. The Balaban J connectivity index is 2.13. The van der Waals surface area contributed by atoms with E-state index in [-0.39, 0.29) is 5.69 Å². The number of pyridine rings is 2. The van der Waals surface area contributed by atoms with Crippen LogP contribution in [-0.4, -0.2) is 22.5 Å². The Morgan fingerprint density at radius 1 is 1.38 bits per heavy atom. The average Bonchev–Trinajstić information content (AvgIpc) is 2.46. The molecule has 0 atom stereocenters. The van der Waals surface area contributed by atoms with E-state index in [2.05, 4.69) is 15.3 Å². The average molecular weight is 286 g/mol. The van der Waals surface area contributed by atoms with Crippen LogP contribution < -0.4 is 11.1 Å². The van der Waals surface area contributed by atoms with Gasteiger partial charge in [0.05, 0.1) is 30.1 Å². The van der Waals surface area contributed by atoms with E-state index in [0.717, 1.165) is 11.4 Å². The summed E-state index contributed by atoms with van der Waals surface area (Å²) in [6, 6.07) is 7.32. The van der Waals surface area contributed by atoms with Gasteiger partial charge in [-0.25, -0.2) is 9.78 Å². The normalized spacial score (nSPS) is 10.2. The fourth-order valence-electron chi connectivity index (χ4n) is 1.87. The van der Waals surface area contributed by atoms with E-state index >= 15 is 0 Å². The molecule has 0 radical (unpaired) electrons. The zero-order valence-electron chi connectivity index (χ0n) is 12.1. The van der Waals surface area contributed by atoms with E-state index in [9.17, 15) is 4.79 Å². The molecule has 2 rings (SSSR count). The monoisotopic (exact) mass is 286 g/mol. The second kappa shape index (κ2) is 6.69. The summed E-state index contributed by atoms with van der Waals surface area (Å²) in [5.41, 5.74) is 8.37. The minimum atomic E-state index is -0.450. The lowest BCUT2D eigenvalue weighted by molar-refractivity contribution is 0.0527. The molecule has 0 amide bonds. The number of aryl methyl sites for hydroxylation is 1. The molecule has 0 unspecified atom stereocenters. The van der Waals surface area contributed by atoms with Gasteiger partial charge >= 0.3 is 5.97 Å². The van der Waals surface area contributed by atoms with Crippen molar-refractivity contribution < 1.29 is 9.53 Å². The lowest BCUT2D eigenvalue weighted by Crippen LogP contribution is -2.12. The van der Waals surface area contributed by atoms with Gasteiger partial charge in [-0.15, -0.1) is 0 Å². The Hall–Kier alpha value is -2.63. The minimum Gasteiger partial charge on any atom is -0.462 e. The lowest BCUT2D eigenvalue weighted by Gasteiger charge is -2.11. The van der Waals surface area contributed by atoms with E-state index in [1.807, 2.05) is 25.1 Å². The third-order valence-corrected chi connectivity index (χ3v) is 2.87. The molecular weight excluding hydrogens is 268 g/mol. The van der Waals surface area contributed by atoms with Crippen LogP contribution in [0.5, 0.6) is 0 Å². The molecule has 2 heterocycles. The van der Waals surface area contributed by atoms with Crippen LogP contribution >= 0.6 is 0 Å². The van der Waals surface area contributed by atoms with Crippen molar-refractivity contribution in [2.45, 2.75) is 20.4 Å². The third kappa shape index (κ3) is 3.68. The highest BCUT2D eigenvalue weighted by atomic mass is 16.5. The molecule has 0 aliphatic heterocycles. The first-order chi connectivity index (χ1) is 10.1. The van der Waals surface area contributed by atoms with E-state index in [0.29, 0.717) is 24.5 Å². The highest BCUT2D eigenvalue weighted by Crippen LogP contribution is 2.21. The molecule has 21 heavy (non-hydrogen) atoms. The molecule has 0 saturated heterocycles. The van der Waals surface area contributed by atoms with Gasteiger partial charge in [-0.2, -0.15) is 0 Å². The van der Waals surface area contributed by atoms with Crippen molar-refractivity contribution in [2.24, 2.45) is 0 Å². The first kappa shape index (κ1) is 14.8. The van der Waals surface area contributed by atoms with Gasteiger partial charge in [-0.3, -0.25) is 4.98 Å². The van der Waals surface area contributed by atoms with Crippen molar-refractivity contribution in [3.8, 4) is 0 Å². The summed E-state index contributed by atoms with van der Waals surface area (Å²) in [6.07, 6.45) is 1.52. The number of rotatable bonds is 5. The number of hydrogen-bond acceptors (Lipinski definition) is 6. The topological polar surface area (TPSA) is 90.1 Å². The fourth-order valence-corrected chi connectivity index (χ4v) is 1.87. The highest BCUT2D eigenvalue weighted by molar-refractivity contribution is 5.97. The van der Waals surface area contributed by atoms with Crippen LogP contribution in [0.25, 0.3) is 0 Å². The summed E-state index contributed by atoms with van der Waals surface area (Å²) in [5.74, 6) is -0.00186. The van der Waals surface area contributed by atoms with Crippen LogP contribution in [-0.2, 0) is 11.3 Å². The summed E-state index contributed by atoms with van der Waals surface area (Å²) in [4.78, 5) is 20.3. The summed E-state index contributed by atoms with van der Waals surface area (Å²) in [7, 11) is 0. The maximum atomic E-state index is 11.8. The molecule has 0 aliphatic carbocycles. The number of esters is 1. The number of nitrogens with one attached hydrogen (secondary N) is 1. The molecule has 6 nitrogen and oxygen atoms in total. The predicted octanol–water partition coefficient (Wildman–Crippen LogP) is 2.16. The second-order valence-electron chi connectivity index (χ2n) is 4.47. The van der Waals surface area contributed by atoms with Gasteiger partial charge < -0.3 is 15.8 Å². The molecule has 2 aromatic rings. The van der Waals surface area contributed by atoms with E-state index in [1.54, 1.807) is 13.0 Å². The quantitative estimate of drug-likeness (QED) is 0.819. The van der Waals surface area contributed by atoms with Crippen molar-refractivity contribution in [1.29, 1.82) is 0 Å². The number of anilines is 2. The van der Waals surface area contributed by atoms with Crippen LogP contribution in [0.4, 0.5) is 11.5 Å². The lowest BCUT2D eigenvalue weighted by atomic mass is 10.2. The molecule has 0 aromatic carbocycles. The summed E-state index contributed by atoms with van der Waals surface area (Å²) in [6.45, 7) is 4.46. The van der Waals surface area contributed by atoms with Gasteiger partial charge in [0, 0.05) is 11.9 Å². The van der Waals surface area contributed by atoms with Gasteiger partial charge in [-0.1, -0.05) is 6.07 Å². The largest absolute Gasteiger partial charge is 0.462 e. The van der Waals surface area contributed by atoms with Crippen LogP contribution in [0.15, 0.2) is 30.5 Å². The van der Waals surface area contributed by atoms with Crippen LogP contribution in [0, 0.1) is 6.92 Å². The standard InChI is InChI=1S/C15H18N4O2/c1-3-21-15(20)12-7-8-17-14(13(12)16)18-9-11-6-4-5-10(2)19-11/h4-8H,3,9,16H2,1-2H3,(H,17,18). The Kier molecular flexibility index (Phi) is 4.71. The second-order valence-corrected chi connectivity index (χ2v) is 4.47. The van der Waals surface area contributed by atoms with Crippen molar-refractivity contribution in [1.82, 2.24) is 9.97 Å². The number of ether oxygens (including phenoxy) is 1.